The molecule has 0 radical (unpaired) electrons. The number of hydrogen-bond donors (Lipinski definition) is 1. The molecule has 6 heteroatoms. The number of carbonyl (C=O) groups excluding carboxylic acids is 1. The van der Waals surface area contributed by atoms with Crippen molar-refractivity contribution in [1.29, 1.82) is 0 Å². The molecule has 2 aromatic carbocycles. The van der Waals surface area contributed by atoms with Crippen molar-refractivity contribution < 1.29 is 14.3 Å². The minimum Gasteiger partial charge on any atom is -0.486 e. The lowest BCUT2D eigenvalue weighted by Crippen LogP contribution is -2.51. The van der Waals surface area contributed by atoms with Crippen LogP contribution in [0.2, 0.25) is 0 Å². The van der Waals surface area contributed by atoms with Crippen LogP contribution >= 0.6 is 0 Å². The van der Waals surface area contributed by atoms with Crippen molar-refractivity contribution in [3.63, 3.8) is 0 Å². The number of carbonyl (C=O) groups is 1. The minimum absolute atomic E-state index is 0.0348. The molecule has 3 unspecified atom stereocenters. The van der Waals surface area contributed by atoms with Crippen molar-refractivity contribution in [2.45, 2.75) is 43.9 Å². The molecule has 5 rings (SSSR count). The van der Waals surface area contributed by atoms with E-state index in [2.05, 4.69) is 10.2 Å². The maximum atomic E-state index is 12.6. The van der Waals surface area contributed by atoms with Gasteiger partial charge in [0.2, 0.25) is 0 Å². The fourth-order valence-corrected chi connectivity index (χ4v) is 5.43. The molecule has 2 aromatic rings. The molecule has 0 spiro atoms. The summed E-state index contributed by atoms with van der Waals surface area (Å²) in [6, 6.07) is 18.7. The van der Waals surface area contributed by atoms with Crippen LogP contribution in [0.15, 0.2) is 54.6 Å². The van der Waals surface area contributed by atoms with Crippen LogP contribution in [-0.4, -0.2) is 60.8 Å². The fourth-order valence-electron chi connectivity index (χ4n) is 5.43. The molecule has 3 atom stereocenters. The zero-order valence-corrected chi connectivity index (χ0v) is 18.1. The van der Waals surface area contributed by atoms with Crippen molar-refractivity contribution in [3.05, 3.63) is 54.6 Å². The standard InChI is InChI=1S/C25H31N3O3/c1-27(25(29)26-19-7-3-2-4-8-19)15-18-13-20-11-12-21(14-18)28(20)16-22-17-30-23-9-5-6-10-24(23)31-22/h2-10,18,20-22H,11-17H2,1H3,(H,26,29). The number of nitrogens with zero attached hydrogens (tertiary/aromatic N) is 2. The van der Waals surface area contributed by atoms with Gasteiger partial charge in [-0.25, -0.2) is 4.79 Å². The van der Waals surface area contributed by atoms with Crippen LogP contribution in [0, 0.1) is 5.92 Å². The summed E-state index contributed by atoms with van der Waals surface area (Å²) in [6.45, 7) is 2.33. The van der Waals surface area contributed by atoms with Crippen LogP contribution in [0.1, 0.15) is 25.7 Å². The van der Waals surface area contributed by atoms with Crippen LogP contribution in [0.3, 0.4) is 0 Å². The Balaban J connectivity index is 1.14. The maximum Gasteiger partial charge on any atom is 0.321 e. The number of anilines is 1. The highest BCUT2D eigenvalue weighted by molar-refractivity contribution is 5.89. The Hall–Kier alpha value is -2.73. The molecule has 6 nitrogen and oxygen atoms in total. The number of amides is 2. The average Bonchev–Trinajstić information content (AvgIpc) is 3.02. The number of benzene rings is 2. The second-order valence-electron chi connectivity index (χ2n) is 9.09. The van der Waals surface area contributed by atoms with E-state index >= 15 is 0 Å². The SMILES string of the molecule is CN(CC1CC2CCC(C1)N2CC1COc2ccccc2O1)C(=O)Nc1ccccc1. The summed E-state index contributed by atoms with van der Waals surface area (Å²) >= 11 is 0. The summed E-state index contributed by atoms with van der Waals surface area (Å²) in [5.41, 5.74) is 0.838. The summed E-state index contributed by atoms with van der Waals surface area (Å²) in [4.78, 5) is 17.0. The molecule has 3 aliphatic heterocycles. The zero-order valence-electron chi connectivity index (χ0n) is 18.1. The van der Waals surface area contributed by atoms with Gasteiger partial charge in [0.05, 0.1) is 0 Å². The molecule has 2 saturated heterocycles. The summed E-state index contributed by atoms with van der Waals surface area (Å²) in [5, 5.41) is 2.99. The molecule has 164 valence electrons. The van der Waals surface area contributed by atoms with E-state index in [-0.39, 0.29) is 12.1 Å². The molecule has 0 aliphatic carbocycles. The Morgan fingerprint density at radius 3 is 2.45 bits per heavy atom. The number of fused-ring (bicyclic) bond motifs is 3. The fraction of sp³-hybridized carbons (Fsp3) is 0.480. The van der Waals surface area contributed by atoms with Crippen LogP contribution in [-0.2, 0) is 0 Å². The Morgan fingerprint density at radius 1 is 1.03 bits per heavy atom. The van der Waals surface area contributed by atoms with Crippen molar-refractivity contribution in [3.8, 4) is 11.5 Å². The molecular weight excluding hydrogens is 390 g/mol. The van der Waals surface area contributed by atoms with Crippen molar-refractivity contribution in [2.24, 2.45) is 5.92 Å². The van der Waals surface area contributed by atoms with E-state index in [0.717, 1.165) is 43.1 Å². The Bertz CT molecular complexity index is 892. The van der Waals surface area contributed by atoms with E-state index < -0.39 is 0 Å². The second-order valence-corrected chi connectivity index (χ2v) is 9.09. The zero-order chi connectivity index (χ0) is 21.2. The second kappa shape index (κ2) is 8.79. The van der Waals surface area contributed by atoms with Crippen LogP contribution in [0.25, 0.3) is 0 Å². The molecule has 0 saturated carbocycles. The lowest BCUT2D eigenvalue weighted by molar-refractivity contribution is 0.0184. The first-order chi connectivity index (χ1) is 15.2. The number of piperidine rings is 1. The molecule has 1 N–H and O–H groups in total. The van der Waals surface area contributed by atoms with Crippen LogP contribution < -0.4 is 14.8 Å². The predicted octanol–water partition coefficient (Wildman–Crippen LogP) is 4.23. The quantitative estimate of drug-likeness (QED) is 0.785. The van der Waals surface area contributed by atoms with E-state index in [1.807, 2.05) is 66.5 Å². The van der Waals surface area contributed by atoms with Gasteiger partial charge in [0.25, 0.3) is 0 Å². The molecule has 3 aliphatic rings. The number of nitrogens with one attached hydrogen (secondary N) is 1. The number of ether oxygens (including phenoxy) is 2. The highest BCUT2D eigenvalue weighted by Gasteiger charge is 2.42. The molecule has 31 heavy (non-hydrogen) atoms. The highest BCUT2D eigenvalue weighted by Crippen LogP contribution is 2.40. The van der Waals surface area contributed by atoms with Gasteiger partial charge in [-0.1, -0.05) is 30.3 Å². The summed E-state index contributed by atoms with van der Waals surface area (Å²) in [7, 11) is 1.90. The first kappa shape index (κ1) is 20.2. The summed E-state index contributed by atoms with van der Waals surface area (Å²) in [6.07, 6.45) is 4.85. The molecule has 0 aromatic heterocycles. The first-order valence-corrected chi connectivity index (χ1v) is 11.4. The third-order valence-electron chi connectivity index (χ3n) is 6.87. The van der Waals surface area contributed by atoms with E-state index in [9.17, 15) is 4.79 Å². The topological polar surface area (TPSA) is 54.0 Å². The maximum absolute atomic E-state index is 12.6. The normalized spacial score (nSPS) is 27.0. The van der Waals surface area contributed by atoms with Crippen molar-refractivity contribution >= 4 is 11.7 Å². The molecule has 2 fully saturated rings. The summed E-state index contributed by atoms with van der Waals surface area (Å²) < 4.78 is 12.1. The minimum atomic E-state index is -0.0348. The van der Waals surface area contributed by atoms with E-state index in [0.29, 0.717) is 24.6 Å². The highest BCUT2D eigenvalue weighted by atomic mass is 16.6. The average molecular weight is 422 g/mol. The van der Waals surface area contributed by atoms with Gasteiger partial charge in [-0.3, -0.25) is 4.90 Å². The van der Waals surface area contributed by atoms with Gasteiger partial charge in [-0.2, -0.15) is 0 Å². The monoisotopic (exact) mass is 421 g/mol. The largest absolute Gasteiger partial charge is 0.486 e. The number of hydrogen-bond acceptors (Lipinski definition) is 4. The summed E-state index contributed by atoms with van der Waals surface area (Å²) in [5.74, 6) is 2.24. The number of rotatable bonds is 5. The van der Waals surface area contributed by atoms with Crippen molar-refractivity contribution in [2.75, 3.05) is 32.1 Å². The van der Waals surface area contributed by atoms with E-state index in [1.54, 1.807) is 0 Å². The van der Waals surface area contributed by atoms with Crippen molar-refractivity contribution in [1.82, 2.24) is 9.80 Å². The van der Waals surface area contributed by atoms with Gasteiger partial charge in [-0.05, 0) is 55.9 Å². The van der Waals surface area contributed by atoms with E-state index in [1.165, 1.54) is 12.8 Å². The van der Waals surface area contributed by atoms with Gasteiger partial charge in [0, 0.05) is 37.9 Å². The lowest BCUT2D eigenvalue weighted by atomic mass is 9.90. The molecular formula is C25H31N3O3. The Kier molecular flexibility index (Phi) is 5.72. The third kappa shape index (κ3) is 4.49. The molecule has 3 heterocycles. The van der Waals surface area contributed by atoms with Gasteiger partial charge >= 0.3 is 6.03 Å². The van der Waals surface area contributed by atoms with Gasteiger partial charge < -0.3 is 19.7 Å². The Morgan fingerprint density at radius 2 is 1.71 bits per heavy atom. The number of urea groups is 1. The van der Waals surface area contributed by atoms with Gasteiger partial charge in [-0.15, -0.1) is 0 Å². The van der Waals surface area contributed by atoms with Gasteiger partial charge in [0.1, 0.15) is 12.7 Å². The Labute approximate surface area is 184 Å². The molecule has 2 amide bonds. The predicted molar refractivity (Wildman–Crippen MR) is 121 cm³/mol. The number of para-hydroxylation sites is 3. The molecule has 2 bridgehead atoms. The third-order valence-corrected chi connectivity index (χ3v) is 6.87. The van der Waals surface area contributed by atoms with E-state index in [4.69, 9.17) is 9.47 Å². The van der Waals surface area contributed by atoms with Crippen LogP contribution in [0.4, 0.5) is 10.5 Å². The van der Waals surface area contributed by atoms with Crippen LogP contribution in [0.5, 0.6) is 11.5 Å². The lowest BCUT2D eigenvalue weighted by Gasteiger charge is -2.42. The smallest absolute Gasteiger partial charge is 0.321 e. The first-order valence-electron chi connectivity index (χ1n) is 11.4. The van der Waals surface area contributed by atoms with Gasteiger partial charge in [0.15, 0.2) is 11.5 Å².